The van der Waals surface area contributed by atoms with Crippen LogP contribution in [0, 0.1) is 5.92 Å². The second-order valence-electron chi connectivity index (χ2n) is 6.17. The highest BCUT2D eigenvalue weighted by Gasteiger charge is 2.34. The Bertz CT molecular complexity index is 447. The lowest BCUT2D eigenvalue weighted by molar-refractivity contribution is -0.133. The number of carbonyl (C=O) groups excluding carboxylic acids is 1. The number of nitrogens with zero attached hydrogens (tertiary/aromatic N) is 1. The fraction of sp³-hybridized carbons (Fsp3) is 0.588. The number of amides is 1. The van der Waals surface area contributed by atoms with Crippen LogP contribution < -0.4 is 5.32 Å². The minimum Gasteiger partial charge on any atom is -0.342 e. The van der Waals surface area contributed by atoms with E-state index in [9.17, 15) is 4.79 Å². The Morgan fingerprint density at radius 2 is 1.80 bits per heavy atom. The van der Waals surface area contributed by atoms with Crippen LogP contribution in [0.15, 0.2) is 30.3 Å². The Hall–Kier alpha value is -1.35. The Morgan fingerprint density at radius 1 is 1.15 bits per heavy atom. The summed E-state index contributed by atoms with van der Waals surface area (Å²) in [6.07, 6.45) is 4.38. The first-order valence-electron chi connectivity index (χ1n) is 7.84. The van der Waals surface area contributed by atoms with E-state index in [2.05, 4.69) is 47.5 Å². The molecule has 1 aromatic rings. The van der Waals surface area contributed by atoms with Gasteiger partial charge in [0.05, 0.1) is 0 Å². The van der Waals surface area contributed by atoms with Gasteiger partial charge in [-0.1, -0.05) is 30.3 Å². The minimum absolute atomic E-state index is 0.364. The molecule has 2 fully saturated rings. The molecule has 0 bridgehead atoms. The van der Waals surface area contributed by atoms with Gasteiger partial charge in [-0.3, -0.25) is 4.79 Å². The standard InChI is InChI=1S/C17H24N2O/c1-13(14-5-3-2-4-6-14)18-16-9-11-19(12-10-16)17(20)15-7-8-15/h2-6,13,15-16,18H,7-12H2,1H3. The number of rotatable bonds is 4. The molecule has 1 heterocycles. The van der Waals surface area contributed by atoms with Crippen LogP contribution in [-0.2, 0) is 4.79 Å². The summed E-state index contributed by atoms with van der Waals surface area (Å²) in [4.78, 5) is 14.1. The zero-order chi connectivity index (χ0) is 13.9. The topological polar surface area (TPSA) is 32.3 Å². The molecule has 1 aliphatic carbocycles. The first-order chi connectivity index (χ1) is 9.74. The zero-order valence-corrected chi connectivity index (χ0v) is 12.2. The molecule has 0 radical (unpaired) electrons. The van der Waals surface area contributed by atoms with Gasteiger partial charge in [0.25, 0.3) is 0 Å². The van der Waals surface area contributed by atoms with Crippen LogP contribution in [-0.4, -0.2) is 29.9 Å². The Morgan fingerprint density at radius 3 is 2.40 bits per heavy atom. The highest BCUT2D eigenvalue weighted by molar-refractivity contribution is 5.81. The number of carbonyl (C=O) groups is 1. The summed E-state index contributed by atoms with van der Waals surface area (Å²) in [5.74, 6) is 0.766. The number of nitrogens with one attached hydrogen (secondary N) is 1. The van der Waals surface area contributed by atoms with Gasteiger partial charge in [0.1, 0.15) is 0 Å². The molecule has 1 aliphatic heterocycles. The molecule has 108 valence electrons. The van der Waals surface area contributed by atoms with E-state index in [1.165, 1.54) is 5.56 Å². The van der Waals surface area contributed by atoms with Gasteiger partial charge in [0, 0.05) is 31.1 Å². The van der Waals surface area contributed by atoms with Crippen molar-refractivity contribution in [3.05, 3.63) is 35.9 Å². The number of hydrogen-bond donors (Lipinski definition) is 1. The van der Waals surface area contributed by atoms with E-state index in [1.807, 2.05) is 0 Å². The maximum atomic E-state index is 12.0. The highest BCUT2D eigenvalue weighted by atomic mass is 16.2. The average molecular weight is 272 g/mol. The van der Waals surface area contributed by atoms with Gasteiger partial charge in [-0.15, -0.1) is 0 Å². The second kappa shape index (κ2) is 5.96. The Labute approximate surface area is 121 Å². The summed E-state index contributed by atoms with van der Waals surface area (Å²) in [5, 5.41) is 3.70. The van der Waals surface area contributed by atoms with Crippen molar-refractivity contribution in [2.45, 2.75) is 44.7 Å². The maximum absolute atomic E-state index is 12.0. The molecular weight excluding hydrogens is 248 g/mol. The van der Waals surface area contributed by atoms with Gasteiger partial charge in [0.15, 0.2) is 0 Å². The molecule has 0 spiro atoms. The number of benzene rings is 1. The van der Waals surface area contributed by atoms with E-state index < -0.39 is 0 Å². The third kappa shape index (κ3) is 3.21. The largest absolute Gasteiger partial charge is 0.342 e. The van der Waals surface area contributed by atoms with Gasteiger partial charge in [0.2, 0.25) is 5.91 Å². The quantitative estimate of drug-likeness (QED) is 0.914. The van der Waals surface area contributed by atoms with Crippen LogP contribution in [0.2, 0.25) is 0 Å². The predicted molar refractivity (Wildman–Crippen MR) is 80.3 cm³/mol. The Balaban J connectivity index is 1.47. The minimum atomic E-state index is 0.364. The molecule has 1 amide bonds. The van der Waals surface area contributed by atoms with Gasteiger partial charge >= 0.3 is 0 Å². The lowest BCUT2D eigenvalue weighted by Gasteiger charge is -2.34. The summed E-state index contributed by atoms with van der Waals surface area (Å²) in [6, 6.07) is 11.5. The van der Waals surface area contributed by atoms with Crippen molar-refractivity contribution in [3.63, 3.8) is 0 Å². The summed E-state index contributed by atoms with van der Waals surface area (Å²) >= 11 is 0. The van der Waals surface area contributed by atoms with Crippen molar-refractivity contribution >= 4 is 5.91 Å². The molecule has 3 nitrogen and oxygen atoms in total. The van der Waals surface area contributed by atoms with Gasteiger partial charge in [-0.2, -0.15) is 0 Å². The predicted octanol–water partition coefficient (Wildman–Crippen LogP) is 2.74. The van der Waals surface area contributed by atoms with Crippen LogP contribution in [0.1, 0.15) is 44.2 Å². The van der Waals surface area contributed by atoms with E-state index in [0.717, 1.165) is 38.8 Å². The highest BCUT2D eigenvalue weighted by Crippen LogP contribution is 2.32. The molecule has 20 heavy (non-hydrogen) atoms. The molecule has 1 unspecified atom stereocenters. The van der Waals surface area contributed by atoms with E-state index in [1.54, 1.807) is 0 Å². The van der Waals surface area contributed by atoms with Crippen LogP contribution in [0.5, 0.6) is 0 Å². The number of piperidine rings is 1. The molecule has 1 atom stereocenters. The van der Waals surface area contributed by atoms with E-state index >= 15 is 0 Å². The van der Waals surface area contributed by atoms with E-state index in [4.69, 9.17) is 0 Å². The SMILES string of the molecule is CC(NC1CCN(C(=O)C2CC2)CC1)c1ccccc1. The zero-order valence-electron chi connectivity index (χ0n) is 12.2. The molecule has 1 saturated heterocycles. The van der Waals surface area contributed by atoms with Crippen LogP contribution in [0.4, 0.5) is 0 Å². The third-order valence-corrected chi connectivity index (χ3v) is 4.52. The van der Waals surface area contributed by atoms with E-state index in [-0.39, 0.29) is 0 Å². The molecule has 3 rings (SSSR count). The monoisotopic (exact) mass is 272 g/mol. The molecule has 2 aliphatic rings. The molecule has 1 N–H and O–H groups in total. The average Bonchev–Trinajstić information content (AvgIpc) is 3.33. The summed E-state index contributed by atoms with van der Waals surface area (Å²) in [5.41, 5.74) is 1.34. The van der Waals surface area contributed by atoms with Crippen LogP contribution >= 0.6 is 0 Å². The summed E-state index contributed by atoms with van der Waals surface area (Å²) in [7, 11) is 0. The van der Waals surface area contributed by atoms with Gasteiger partial charge in [-0.05, 0) is 38.2 Å². The van der Waals surface area contributed by atoms with Crippen molar-refractivity contribution in [3.8, 4) is 0 Å². The first kappa shape index (κ1) is 13.6. The van der Waals surface area contributed by atoms with Crippen molar-refractivity contribution in [1.82, 2.24) is 10.2 Å². The maximum Gasteiger partial charge on any atom is 0.225 e. The van der Waals surface area contributed by atoms with Crippen molar-refractivity contribution in [2.75, 3.05) is 13.1 Å². The van der Waals surface area contributed by atoms with Crippen LogP contribution in [0.25, 0.3) is 0 Å². The fourth-order valence-corrected chi connectivity index (χ4v) is 3.05. The Kier molecular flexibility index (Phi) is 4.06. The molecule has 1 aromatic carbocycles. The lowest BCUT2D eigenvalue weighted by atomic mass is 10.0. The van der Waals surface area contributed by atoms with Gasteiger partial charge in [-0.25, -0.2) is 0 Å². The smallest absolute Gasteiger partial charge is 0.225 e. The summed E-state index contributed by atoms with van der Waals surface area (Å²) in [6.45, 7) is 4.07. The fourth-order valence-electron chi connectivity index (χ4n) is 3.05. The molecule has 0 aromatic heterocycles. The lowest BCUT2D eigenvalue weighted by Crippen LogP contribution is -2.45. The number of likely N-dealkylation sites (tertiary alicyclic amines) is 1. The van der Waals surface area contributed by atoms with Crippen molar-refractivity contribution in [2.24, 2.45) is 5.92 Å². The van der Waals surface area contributed by atoms with Crippen molar-refractivity contribution < 1.29 is 4.79 Å². The van der Waals surface area contributed by atoms with Crippen LogP contribution in [0.3, 0.4) is 0 Å². The second-order valence-corrected chi connectivity index (χ2v) is 6.17. The number of hydrogen-bond acceptors (Lipinski definition) is 2. The first-order valence-corrected chi connectivity index (χ1v) is 7.84. The molecule has 1 saturated carbocycles. The molecule has 3 heteroatoms. The van der Waals surface area contributed by atoms with Gasteiger partial charge < -0.3 is 10.2 Å². The van der Waals surface area contributed by atoms with E-state index in [0.29, 0.717) is 23.9 Å². The normalized spacial score (nSPS) is 21.8. The third-order valence-electron chi connectivity index (χ3n) is 4.52. The molecular formula is C17H24N2O. The van der Waals surface area contributed by atoms with Crippen molar-refractivity contribution in [1.29, 1.82) is 0 Å². The summed E-state index contributed by atoms with van der Waals surface area (Å²) < 4.78 is 0.